The lowest BCUT2D eigenvalue weighted by Gasteiger charge is -2.41. The summed E-state index contributed by atoms with van der Waals surface area (Å²) in [5.41, 5.74) is -0.653. The first kappa shape index (κ1) is 15.4. The lowest BCUT2D eigenvalue weighted by molar-refractivity contribution is -0.151. The Labute approximate surface area is 110 Å². The summed E-state index contributed by atoms with van der Waals surface area (Å²) in [5, 5.41) is 9.21. The molecule has 18 heavy (non-hydrogen) atoms. The van der Waals surface area contributed by atoms with Gasteiger partial charge in [0.05, 0.1) is 11.0 Å². The Hall–Kier alpha value is -0.610. The summed E-state index contributed by atoms with van der Waals surface area (Å²) in [6.07, 6.45) is 2.44. The minimum Gasteiger partial charge on any atom is -0.481 e. The molecular formula is C14H27NO3. The number of carbonyl (C=O) groups is 1. The van der Waals surface area contributed by atoms with Crippen LogP contribution in [0.15, 0.2) is 0 Å². The maximum Gasteiger partial charge on any atom is 0.309 e. The molecule has 1 fully saturated rings. The van der Waals surface area contributed by atoms with Crippen LogP contribution in [0.2, 0.25) is 0 Å². The van der Waals surface area contributed by atoms with Gasteiger partial charge in [0.15, 0.2) is 0 Å². The number of piperidine rings is 1. The molecule has 1 aliphatic heterocycles. The van der Waals surface area contributed by atoms with Gasteiger partial charge in [-0.1, -0.05) is 0 Å². The Morgan fingerprint density at radius 1 is 1.44 bits per heavy atom. The zero-order valence-electron chi connectivity index (χ0n) is 12.3. The van der Waals surface area contributed by atoms with E-state index in [0.717, 1.165) is 32.4 Å². The van der Waals surface area contributed by atoms with E-state index in [1.54, 1.807) is 7.11 Å². The third kappa shape index (κ3) is 3.69. The van der Waals surface area contributed by atoms with Gasteiger partial charge < -0.3 is 14.7 Å². The van der Waals surface area contributed by atoms with Gasteiger partial charge in [-0.05, 0) is 60.0 Å². The SMILES string of the molecule is COC(C)(C)CC(C)N1CCC(C)(C(=O)O)CC1. The molecule has 0 aromatic rings. The molecule has 0 spiro atoms. The molecule has 0 aromatic heterocycles. The second-order valence-electron chi connectivity index (χ2n) is 6.42. The average Bonchev–Trinajstić information content (AvgIpc) is 2.29. The highest BCUT2D eigenvalue weighted by Crippen LogP contribution is 2.33. The number of rotatable bonds is 5. The monoisotopic (exact) mass is 257 g/mol. The zero-order chi connectivity index (χ0) is 14.0. The van der Waals surface area contributed by atoms with E-state index in [2.05, 4.69) is 25.7 Å². The summed E-state index contributed by atoms with van der Waals surface area (Å²) in [6.45, 7) is 9.97. The van der Waals surface area contributed by atoms with Gasteiger partial charge in [0.25, 0.3) is 0 Å². The minimum atomic E-state index is -0.660. The van der Waals surface area contributed by atoms with E-state index >= 15 is 0 Å². The fraction of sp³-hybridized carbons (Fsp3) is 0.929. The number of likely N-dealkylation sites (tertiary alicyclic amines) is 1. The summed E-state index contributed by atoms with van der Waals surface area (Å²) in [5.74, 6) is -0.660. The highest BCUT2D eigenvalue weighted by molar-refractivity contribution is 5.74. The number of carboxylic acids is 1. The van der Waals surface area contributed by atoms with Gasteiger partial charge in [-0.2, -0.15) is 0 Å². The molecule has 4 nitrogen and oxygen atoms in total. The first-order valence-electron chi connectivity index (χ1n) is 6.73. The predicted molar refractivity (Wildman–Crippen MR) is 71.7 cm³/mol. The maximum atomic E-state index is 11.2. The van der Waals surface area contributed by atoms with Crippen LogP contribution in [-0.4, -0.2) is 47.8 Å². The van der Waals surface area contributed by atoms with Crippen LogP contribution >= 0.6 is 0 Å². The quantitative estimate of drug-likeness (QED) is 0.821. The predicted octanol–water partition coefficient (Wildman–Crippen LogP) is 2.38. The van der Waals surface area contributed by atoms with Crippen molar-refractivity contribution in [2.45, 2.75) is 58.6 Å². The number of carboxylic acid groups (broad SMARTS) is 1. The first-order chi connectivity index (χ1) is 8.20. The van der Waals surface area contributed by atoms with Crippen molar-refractivity contribution in [1.29, 1.82) is 0 Å². The van der Waals surface area contributed by atoms with E-state index < -0.39 is 11.4 Å². The van der Waals surface area contributed by atoms with Crippen LogP contribution in [0.25, 0.3) is 0 Å². The lowest BCUT2D eigenvalue weighted by Crippen LogP contribution is -2.47. The summed E-state index contributed by atoms with van der Waals surface area (Å²) < 4.78 is 5.46. The van der Waals surface area contributed by atoms with Crippen molar-refractivity contribution in [3.63, 3.8) is 0 Å². The number of ether oxygens (including phenoxy) is 1. The maximum absolute atomic E-state index is 11.2. The van der Waals surface area contributed by atoms with Gasteiger partial charge in [0, 0.05) is 13.2 Å². The molecule has 0 bridgehead atoms. The van der Waals surface area contributed by atoms with Crippen molar-refractivity contribution < 1.29 is 14.6 Å². The molecule has 0 amide bonds. The van der Waals surface area contributed by atoms with Gasteiger partial charge in [0.1, 0.15) is 0 Å². The summed E-state index contributed by atoms with van der Waals surface area (Å²) in [7, 11) is 1.74. The van der Waals surface area contributed by atoms with Crippen LogP contribution in [-0.2, 0) is 9.53 Å². The van der Waals surface area contributed by atoms with Gasteiger partial charge in [-0.3, -0.25) is 4.79 Å². The highest BCUT2D eigenvalue weighted by Gasteiger charge is 2.38. The first-order valence-corrected chi connectivity index (χ1v) is 6.73. The lowest BCUT2D eigenvalue weighted by atomic mass is 9.80. The van der Waals surface area contributed by atoms with Crippen LogP contribution in [0.3, 0.4) is 0 Å². The molecule has 1 saturated heterocycles. The minimum absolute atomic E-state index is 0.118. The van der Waals surface area contributed by atoms with E-state index in [1.165, 1.54) is 0 Å². The Morgan fingerprint density at radius 2 is 1.94 bits per heavy atom. The van der Waals surface area contributed by atoms with Crippen molar-refractivity contribution in [2.75, 3.05) is 20.2 Å². The van der Waals surface area contributed by atoms with E-state index in [-0.39, 0.29) is 5.60 Å². The third-order valence-electron chi connectivity index (χ3n) is 4.38. The smallest absolute Gasteiger partial charge is 0.309 e. The Bertz CT molecular complexity index is 293. The van der Waals surface area contributed by atoms with Crippen molar-refractivity contribution in [1.82, 2.24) is 4.90 Å². The Morgan fingerprint density at radius 3 is 2.33 bits per heavy atom. The number of aliphatic carboxylic acids is 1. The third-order valence-corrected chi connectivity index (χ3v) is 4.38. The Balaban J connectivity index is 2.50. The second kappa shape index (κ2) is 5.57. The summed E-state index contributed by atoms with van der Waals surface area (Å²) >= 11 is 0. The molecule has 1 heterocycles. The standard InChI is InChI=1S/C14H27NO3/c1-11(10-13(2,3)18-5)15-8-6-14(4,7-9-15)12(16)17/h11H,6-10H2,1-5H3,(H,16,17). The molecular weight excluding hydrogens is 230 g/mol. The number of hydrogen-bond donors (Lipinski definition) is 1. The fourth-order valence-electron chi connectivity index (χ4n) is 2.60. The molecule has 0 aromatic carbocycles. The van der Waals surface area contributed by atoms with Crippen molar-refractivity contribution in [2.24, 2.45) is 5.41 Å². The number of nitrogens with zero attached hydrogens (tertiary/aromatic N) is 1. The van der Waals surface area contributed by atoms with Crippen LogP contribution in [0.4, 0.5) is 0 Å². The van der Waals surface area contributed by atoms with E-state index in [9.17, 15) is 9.90 Å². The van der Waals surface area contributed by atoms with E-state index in [0.29, 0.717) is 6.04 Å². The molecule has 0 radical (unpaired) electrons. The van der Waals surface area contributed by atoms with E-state index in [4.69, 9.17) is 4.74 Å². The highest BCUT2D eigenvalue weighted by atomic mass is 16.5. The van der Waals surface area contributed by atoms with Crippen LogP contribution < -0.4 is 0 Å². The average molecular weight is 257 g/mol. The van der Waals surface area contributed by atoms with Crippen molar-refractivity contribution >= 4 is 5.97 Å². The molecule has 0 aliphatic carbocycles. The van der Waals surface area contributed by atoms with Crippen LogP contribution in [0.5, 0.6) is 0 Å². The fourth-order valence-corrected chi connectivity index (χ4v) is 2.60. The van der Waals surface area contributed by atoms with Crippen LogP contribution in [0, 0.1) is 5.41 Å². The van der Waals surface area contributed by atoms with Gasteiger partial charge in [0.2, 0.25) is 0 Å². The van der Waals surface area contributed by atoms with Gasteiger partial charge in [-0.25, -0.2) is 0 Å². The molecule has 0 saturated carbocycles. The van der Waals surface area contributed by atoms with E-state index in [1.807, 2.05) is 6.92 Å². The molecule has 1 unspecified atom stereocenters. The largest absolute Gasteiger partial charge is 0.481 e. The Kier molecular flexibility index (Phi) is 4.78. The molecule has 1 rings (SSSR count). The molecule has 1 atom stereocenters. The van der Waals surface area contributed by atoms with Crippen molar-refractivity contribution in [3.05, 3.63) is 0 Å². The molecule has 1 aliphatic rings. The number of hydrogen-bond acceptors (Lipinski definition) is 3. The topological polar surface area (TPSA) is 49.8 Å². The van der Waals surface area contributed by atoms with Crippen LogP contribution in [0.1, 0.15) is 47.0 Å². The van der Waals surface area contributed by atoms with Gasteiger partial charge in [-0.15, -0.1) is 0 Å². The molecule has 4 heteroatoms. The molecule has 106 valence electrons. The van der Waals surface area contributed by atoms with Gasteiger partial charge >= 0.3 is 5.97 Å². The normalized spacial score (nSPS) is 22.7. The van der Waals surface area contributed by atoms with Crippen molar-refractivity contribution in [3.8, 4) is 0 Å². The summed E-state index contributed by atoms with van der Waals surface area (Å²) in [6, 6.07) is 0.429. The molecule has 1 N–H and O–H groups in total. The summed E-state index contributed by atoms with van der Waals surface area (Å²) in [4.78, 5) is 13.6. The number of methoxy groups -OCH3 is 1. The zero-order valence-corrected chi connectivity index (χ0v) is 12.3. The second-order valence-corrected chi connectivity index (χ2v) is 6.42.